The molecule has 1 atom stereocenters. The summed E-state index contributed by atoms with van der Waals surface area (Å²) in [4.78, 5) is 27.9. The summed E-state index contributed by atoms with van der Waals surface area (Å²) in [5, 5.41) is 2.95. The minimum atomic E-state index is -0.324. The predicted octanol–water partition coefficient (Wildman–Crippen LogP) is 3.96. The van der Waals surface area contributed by atoms with E-state index < -0.39 is 0 Å². The molecule has 2 aromatic carbocycles. The number of hydrogen-bond acceptors (Lipinski definition) is 3. The zero-order valence-corrected chi connectivity index (χ0v) is 15.3. The van der Waals surface area contributed by atoms with Crippen LogP contribution in [0.25, 0.3) is 0 Å². The molecule has 1 aliphatic heterocycles. The van der Waals surface area contributed by atoms with Gasteiger partial charge in [-0.3, -0.25) is 9.59 Å². The van der Waals surface area contributed by atoms with E-state index in [1.54, 1.807) is 16.7 Å². The third-order valence-electron chi connectivity index (χ3n) is 4.50. The Morgan fingerprint density at radius 1 is 1.24 bits per heavy atom. The van der Waals surface area contributed by atoms with E-state index in [0.29, 0.717) is 6.54 Å². The van der Waals surface area contributed by atoms with Gasteiger partial charge in [-0.1, -0.05) is 31.2 Å². The van der Waals surface area contributed by atoms with Crippen LogP contribution in [0.3, 0.4) is 0 Å². The van der Waals surface area contributed by atoms with Crippen LogP contribution >= 0.6 is 11.8 Å². The first-order valence-corrected chi connectivity index (χ1v) is 9.68. The van der Waals surface area contributed by atoms with Gasteiger partial charge in [-0.25, -0.2) is 0 Å². The molecule has 1 fully saturated rings. The number of carbonyl (C=O) groups is 2. The second-order valence-electron chi connectivity index (χ2n) is 6.11. The lowest BCUT2D eigenvalue weighted by Gasteiger charge is -2.20. The van der Waals surface area contributed by atoms with Gasteiger partial charge in [-0.2, -0.15) is 0 Å². The summed E-state index contributed by atoms with van der Waals surface area (Å²) < 4.78 is 0. The predicted molar refractivity (Wildman–Crippen MR) is 103 cm³/mol. The normalized spacial score (nSPS) is 17.0. The van der Waals surface area contributed by atoms with Gasteiger partial charge in [0.2, 0.25) is 11.8 Å². The molecule has 1 heterocycles. The van der Waals surface area contributed by atoms with Crippen LogP contribution in [-0.2, 0) is 16.0 Å². The van der Waals surface area contributed by atoms with Crippen molar-refractivity contribution in [2.24, 2.45) is 5.92 Å². The van der Waals surface area contributed by atoms with E-state index in [9.17, 15) is 9.59 Å². The van der Waals surface area contributed by atoms with Crippen LogP contribution in [0, 0.1) is 5.92 Å². The Balaban J connectivity index is 1.72. The number of carbonyl (C=O) groups excluding carboxylic acids is 2. The lowest BCUT2D eigenvalue weighted by Crippen LogP contribution is -2.28. The van der Waals surface area contributed by atoms with Crippen LogP contribution < -0.4 is 10.2 Å². The van der Waals surface area contributed by atoms with Crippen LogP contribution in [0.4, 0.5) is 11.4 Å². The van der Waals surface area contributed by atoms with E-state index in [0.717, 1.165) is 28.3 Å². The Kier molecular flexibility index (Phi) is 5.43. The highest BCUT2D eigenvalue weighted by molar-refractivity contribution is 7.98. The zero-order valence-electron chi connectivity index (χ0n) is 14.5. The molecule has 3 rings (SSSR count). The van der Waals surface area contributed by atoms with Crippen LogP contribution in [-0.4, -0.2) is 24.6 Å². The quantitative estimate of drug-likeness (QED) is 0.827. The van der Waals surface area contributed by atoms with Crippen molar-refractivity contribution in [1.82, 2.24) is 0 Å². The number of anilines is 2. The number of amides is 2. The molecular formula is C20H22N2O2S. The lowest BCUT2D eigenvalue weighted by atomic mass is 10.1. The summed E-state index contributed by atoms with van der Waals surface area (Å²) in [5.74, 6) is -0.405. The lowest BCUT2D eigenvalue weighted by molar-refractivity contribution is -0.122. The molecule has 0 bridgehead atoms. The zero-order chi connectivity index (χ0) is 17.8. The molecule has 4 nitrogen and oxygen atoms in total. The highest BCUT2D eigenvalue weighted by atomic mass is 32.2. The number of rotatable bonds is 5. The summed E-state index contributed by atoms with van der Waals surface area (Å²) in [6, 6.07) is 15.6. The van der Waals surface area contributed by atoms with Crippen molar-refractivity contribution in [3.8, 4) is 0 Å². The number of thioether (sulfide) groups is 1. The summed E-state index contributed by atoms with van der Waals surface area (Å²) in [7, 11) is 0. The molecule has 2 aromatic rings. The fraction of sp³-hybridized carbons (Fsp3) is 0.300. The first-order chi connectivity index (χ1) is 12.1. The molecule has 0 aliphatic carbocycles. The molecule has 1 saturated heterocycles. The molecule has 0 aromatic heterocycles. The van der Waals surface area contributed by atoms with Crippen LogP contribution in [0.5, 0.6) is 0 Å². The number of para-hydroxylation sites is 1. The van der Waals surface area contributed by atoms with E-state index in [2.05, 4.69) is 12.2 Å². The first-order valence-electron chi connectivity index (χ1n) is 8.45. The van der Waals surface area contributed by atoms with Crippen LogP contribution in [0.15, 0.2) is 53.4 Å². The molecule has 0 spiro atoms. The van der Waals surface area contributed by atoms with Crippen molar-refractivity contribution in [3.63, 3.8) is 0 Å². The molecule has 2 amide bonds. The van der Waals surface area contributed by atoms with Crippen molar-refractivity contribution in [2.45, 2.75) is 24.7 Å². The minimum Gasteiger partial charge on any atom is -0.326 e. The number of aryl methyl sites for hydroxylation is 1. The van der Waals surface area contributed by atoms with Gasteiger partial charge in [0.15, 0.2) is 0 Å². The Bertz CT molecular complexity index is 791. The molecule has 1 N–H and O–H groups in total. The molecule has 130 valence electrons. The Labute approximate surface area is 152 Å². The average molecular weight is 354 g/mol. The Hall–Kier alpha value is -2.27. The molecule has 0 saturated carbocycles. The second kappa shape index (κ2) is 7.74. The SMILES string of the molecule is CCc1ccccc1N1CC(C(=O)Nc2cccc(SC)c2)CC1=O. The van der Waals surface area contributed by atoms with Gasteiger partial charge in [-0.15, -0.1) is 11.8 Å². The van der Waals surface area contributed by atoms with E-state index in [4.69, 9.17) is 0 Å². The fourth-order valence-corrected chi connectivity index (χ4v) is 3.59. The fourth-order valence-electron chi connectivity index (χ4n) is 3.13. The maximum absolute atomic E-state index is 12.6. The van der Waals surface area contributed by atoms with Crippen molar-refractivity contribution in [3.05, 3.63) is 54.1 Å². The highest BCUT2D eigenvalue weighted by Gasteiger charge is 2.35. The molecule has 25 heavy (non-hydrogen) atoms. The number of nitrogens with one attached hydrogen (secondary N) is 1. The van der Waals surface area contributed by atoms with Crippen molar-refractivity contribution >= 4 is 35.0 Å². The van der Waals surface area contributed by atoms with E-state index in [-0.39, 0.29) is 24.2 Å². The summed E-state index contributed by atoms with van der Waals surface area (Å²) in [5.41, 5.74) is 2.83. The Morgan fingerprint density at radius 3 is 2.80 bits per heavy atom. The molecular weight excluding hydrogens is 332 g/mol. The summed E-state index contributed by atoms with van der Waals surface area (Å²) in [6.45, 7) is 2.51. The van der Waals surface area contributed by atoms with Crippen molar-refractivity contribution in [1.29, 1.82) is 0 Å². The van der Waals surface area contributed by atoms with Crippen molar-refractivity contribution in [2.75, 3.05) is 23.0 Å². The molecule has 1 aliphatic rings. The van der Waals surface area contributed by atoms with Gasteiger partial charge < -0.3 is 10.2 Å². The van der Waals surface area contributed by atoms with Gasteiger partial charge in [0, 0.05) is 29.2 Å². The third kappa shape index (κ3) is 3.87. The highest BCUT2D eigenvalue weighted by Crippen LogP contribution is 2.29. The number of hydrogen-bond donors (Lipinski definition) is 1. The van der Waals surface area contributed by atoms with Crippen LogP contribution in [0.2, 0.25) is 0 Å². The van der Waals surface area contributed by atoms with Gasteiger partial charge >= 0.3 is 0 Å². The standard InChI is InChI=1S/C20H22N2O2S/c1-3-14-7-4-5-10-18(14)22-13-15(11-19(22)23)20(24)21-16-8-6-9-17(12-16)25-2/h4-10,12,15H,3,11,13H2,1-2H3,(H,21,24). The number of nitrogens with zero attached hydrogens (tertiary/aromatic N) is 1. The Morgan fingerprint density at radius 2 is 2.04 bits per heavy atom. The largest absolute Gasteiger partial charge is 0.326 e. The maximum Gasteiger partial charge on any atom is 0.229 e. The van der Waals surface area contributed by atoms with Crippen LogP contribution in [0.1, 0.15) is 18.9 Å². The second-order valence-corrected chi connectivity index (χ2v) is 6.99. The van der Waals surface area contributed by atoms with Gasteiger partial charge in [0.05, 0.1) is 5.92 Å². The smallest absolute Gasteiger partial charge is 0.229 e. The van der Waals surface area contributed by atoms with Gasteiger partial charge in [0.1, 0.15) is 0 Å². The monoisotopic (exact) mass is 354 g/mol. The summed E-state index contributed by atoms with van der Waals surface area (Å²) in [6.07, 6.45) is 3.12. The molecule has 1 unspecified atom stereocenters. The van der Waals surface area contributed by atoms with Gasteiger partial charge in [0.25, 0.3) is 0 Å². The summed E-state index contributed by atoms with van der Waals surface area (Å²) >= 11 is 1.63. The van der Waals surface area contributed by atoms with Gasteiger partial charge in [-0.05, 0) is 42.5 Å². The third-order valence-corrected chi connectivity index (χ3v) is 5.22. The minimum absolute atomic E-state index is 0.0129. The molecule has 0 radical (unpaired) electrons. The maximum atomic E-state index is 12.6. The van der Waals surface area contributed by atoms with E-state index in [1.807, 2.05) is 54.8 Å². The molecule has 5 heteroatoms. The first kappa shape index (κ1) is 17.5. The topological polar surface area (TPSA) is 49.4 Å². The average Bonchev–Trinajstić information content (AvgIpc) is 3.03. The van der Waals surface area contributed by atoms with E-state index in [1.165, 1.54) is 0 Å². The van der Waals surface area contributed by atoms with E-state index >= 15 is 0 Å². The van der Waals surface area contributed by atoms with Crippen molar-refractivity contribution < 1.29 is 9.59 Å². The number of benzene rings is 2.